The van der Waals surface area contributed by atoms with Gasteiger partial charge in [0.1, 0.15) is 0 Å². The quantitative estimate of drug-likeness (QED) is 0.810. The fourth-order valence-electron chi connectivity index (χ4n) is 3.40. The van der Waals surface area contributed by atoms with Crippen LogP contribution < -0.4 is 0 Å². The SMILES string of the molecule is O=C(O)c1csc2c1CCC1(CCCC1)C2. The van der Waals surface area contributed by atoms with Crippen LogP contribution in [0.3, 0.4) is 0 Å². The summed E-state index contributed by atoms with van der Waals surface area (Å²) in [5.41, 5.74) is 2.23. The third kappa shape index (κ3) is 1.49. The number of aromatic carboxylic acids is 1. The maximum atomic E-state index is 11.1. The maximum Gasteiger partial charge on any atom is 0.336 e. The molecule has 1 fully saturated rings. The van der Waals surface area contributed by atoms with Crippen LogP contribution in [0.2, 0.25) is 0 Å². The number of hydrogen-bond acceptors (Lipinski definition) is 2. The third-order valence-electron chi connectivity index (χ3n) is 4.32. The van der Waals surface area contributed by atoms with Crippen LogP contribution in [-0.4, -0.2) is 11.1 Å². The highest BCUT2D eigenvalue weighted by molar-refractivity contribution is 7.10. The largest absolute Gasteiger partial charge is 0.478 e. The molecule has 0 unspecified atom stereocenters. The Bertz CT molecular complexity index is 427. The van der Waals surface area contributed by atoms with Crippen molar-refractivity contribution in [3.05, 3.63) is 21.4 Å². The molecule has 0 aromatic carbocycles. The Kier molecular flexibility index (Phi) is 2.32. The van der Waals surface area contributed by atoms with Crippen LogP contribution in [0.15, 0.2) is 5.38 Å². The van der Waals surface area contributed by atoms with Crippen molar-refractivity contribution in [3.8, 4) is 0 Å². The molecule has 0 bridgehead atoms. The van der Waals surface area contributed by atoms with Gasteiger partial charge in [0.25, 0.3) is 0 Å². The Morgan fingerprint density at radius 2 is 2.06 bits per heavy atom. The zero-order valence-electron chi connectivity index (χ0n) is 9.29. The number of carbonyl (C=O) groups is 1. The van der Waals surface area contributed by atoms with Crippen LogP contribution in [0.1, 0.15) is 52.9 Å². The molecular formula is C13H16O2S. The van der Waals surface area contributed by atoms with E-state index in [1.54, 1.807) is 11.3 Å². The zero-order chi connectivity index (χ0) is 11.2. The second kappa shape index (κ2) is 3.59. The maximum absolute atomic E-state index is 11.1. The summed E-state index contributed by atoms with van der Waals surface area (Å²) in [5.74, 6) is -0.750. The van der Waals surface area contributed by atoms with E-state index in [0.717, 1.165) is 18.4 Å². The number of thiophene rings is 1. The summed E-state index contributed by atoms with van der Waals surface area (Å²) >= 11 is 1.66. The van der Waals surface area contributed by atoms with E-state index in [1.807, 2.05) is 5.38 Å². The molecule has 0 atom stereocenters. The molecule has 3 rings (SSSR count). The first-order valence-electron chi connectivity index (χ1n) is 6.03. The number of carboxylic acids is 1. The minimum absolute atomic E-state index is 0.535. The van der Waals surface area contributed by atoms with E-state index in [1.165, 1.54) is 37.0 Å². The Morgan fingerprint density at radius 3 is 2.75 bits per heavy atom. The van der Waals surface area contributed by atoms with Crippen molar-refractivity contribution >= 4 is 17.3 Å². The minimum atomic E-state index is -0.750. The van der Waals surface area contributed by atoms with E-state index in [0.29, 0.717) is 11.0 Å². The summed E-state index contributed by atoms with van der Waals surface area (Å²) in [7, 11) is 0. The van der Waals surface area contributed by atoms with Gasteiger partial charge in [-0.2, -0.15) is 0 Å². The van der Waals surface area contributed by atoms with E-state index < -0.39 is 5.97 Å². The average Bonchev–Trinajstić information content (AvgIpc) is 2.85. The van der Waals surface area contributed by atoms with Crippen molar-refractivity contribution in [3.63, 3.8) is 0 Å². The van der Waals surface area contributed by atoms with Gasteiger partial charge in [0, 0.05) is 10.3 Å². The molecule has 86 valence electrons. The Labute approximate surface area is 99.3 Å². The normalized spacial score (nSPS) is 22.2. The van der Waals surface area contributed by atoms with Crippen molar-refractivity contribution < 1.29 is 9.90 Å². The fraction of sp³-hybridized carbons (Fsp3) is 0.615. The molecule has 0 amide bonds. The number of hydrogen-bond donors (Lipinski definition) is 1. The van der Waals surface area contributed by atoms with Crippen molar-refractivity contribution in [1.29, 1.82) is 0 Å². The van der Waals surface area contributed by atoms with Crippen molar-refractivity contribution in [1.82, 2.24) is 0 Å². The van der Waals surface area contributed by atoms with Gasteiger partial charge in [0.15, 0.2) is 0 Å². The van der Waals surface area contributed by atoms with Crippen molar-refractivity contribution in [2.75, 3.05) is 0 Å². The van der Waals surface area contributed by atoms with Gasteiger partial charge in [-0.15, -0.1) is 11.3 Å². The van der Waals surface area contributed by atoms with E-state index in [2.05, 4.69) is 0 Å². The summed E-state index contributed by atoms with van der Waals surface area (Å²) < 4.78 is 0. The van der Waals surface area contributed by atoms with Crippen LogP contribution in [0.4, 0.5) is 0 Å². The lowest BCUT2D eigenvalue weighted by Gasteiger charge is -2.33. The zero-order valence-corrected chi connectivity index (χ0v) is 10.1. The molecule has 2 aliphatic carbocycles. The van der Waals surface area contributed by atoms with Crippen LogP contribution in [0.5, 0.6) is 0 Å². The molecule has 1 aromatic heterocycles. The molecule has 1 aromatic rings. The predicted octanol–water partition coefficient (Wildman–Crippen LogP) is 3.50. The molecule has 0 saturated heterocycles. The van der Waals surface area contributed by atoms with E-state index >= 15 is 0 Å². The molecule has 2 nitrogen and oxygen atoms in total. The van der Waals surface area contributed by atoms with Gasteiger partial charge < -0.3 is 5.11 Å². The standard InChI is InChI=1S/C13H16O2S/c14-12(15)10-8-16-11-7-13(4-1-2-5-13)6-3-9(10)11/h8H,1-7H2,(H,14,15). The van der Waals surface area contributed by atoms with Crippen molar-refractivity contribution in [2.24, 2.45) is 5.41 Å². The molecule has 1 N–H and O–H groups in total. The second-order valence-electron chi connectivity index (χ2n) is 5.24. The van der Waals surface area contributed by atoms with Gasteiger partial charge in [-0.1, -0.05) is 12.8 Å². The highest BCUT2D eigenvalue weighted by Gasteiger charge is 2.38. The summed E-state index contributed by atoms with van der Waals surface area (Å²) in [4.78, 5) is 12.4. The summed E-state index contributed by atoms with van der Waals surface area (Å²) in [6, 6.07) is 0. The molecule has 1 heterocycles. The monoisotopic (exact) mass is 236 g/mol. The number of fused-ring (bicyclic) bond motifs is 1. The topological polar surface area (TPSA) is 37.3 Å². The first-order valence-corrected chi connectivity index (χ1v) is 6.91. The number of rotatable bonds is 1. The summed E-state index contributed by atoms with van der Waals surface area (Å²) in [5, 5.41) is 10.9. The molecule has 2 aliphatic rings. The van der Waals surface area contributed by atoms with Crippen LogP contribution >= 0.6 is 11.3 Å². The van der Waals surface area contributed by atoms with Gasteiger partial charge >= 0.3 is 5.97 Å². The number of carboxylic acid groups (broad SMARTS) is 1. The molecular weight excluding hydrogens is 220 g/mol. The molecule has 0 radical (unpaired) electrons. The smallest absolute Gasteiger partial charge is 0.336 e. The third-order valence-corrected chi connectivity index (χ3v) is 5.35. The van der Waals surface area contributed by atoms with Gasteiger partial charge in [-0.05, 0) is 43.1 Å². The Hall–Kier alpha value is -0.830. The highest BCUT2D eigenvalue weighted by Crippen LogP contribution is 2.49. The molecule has 0 aliphatic heterocycles. The first kappa shape index (κ1) is 10.3. The average molecular weight is 236 g/mol. The van der Waals surface area contributed by atoms with Gasteiger partial charge in [0.05, 0.1) is 5.56 Å². The van der Waals surface area contributed by atoms with Crippen molar-refractivity contribution in [2.45, 2.75) is 44.9 Å². The lowest BCUT2D eigenvalue weighted by molar-refractivity contribution is 0.0695. The van der Waals surface area contributed by atoms with Crippen LogP contribution in [-0.2, 0) is 12.8 Å². The first-order chi connectivity index (χ1) is 7.70. The fourth-order valence-corrected chi connectivity index (χ4v) is 4.64. The Morgan fingerprint density at radius 1 is 1.31 bits per heavy atom. The van der Waals surface area contributed by atoms with Gasteiger partial charge in [-0.3, -0.25) is 0 Å². The summed E-state index contributed by atoms with van der Waals surface area (Å²) in [6.07, 6.45) is 8.77. The lowest BCUT2D eigenvalue weighted by Crippen LogP contribution is -2.25. The molecule has 1 saturated carbocycles. The lowest BCUT2D eigenvalue weighted by atomic mass is 9.72. The summed E-state index contributed by atoms with van der Waals surface area (Å²) in [6.45, 7) is 0. The van der Waals surface area contributed by atoms with E-state index in [-0.39, 0.29) is 0 Å². The predicted molar refractivity (Wildman–Crippen MR) is 64.2 cm³/mol. The van der Waals surface area contributed by atoms with Crippen LogP contribution in [0, 0.1) is 5.41 Å². The van der Waals surface area contributed by atoms with Crippen LogP contribution in [0.25, 0.3) is 0 Å². The second-order valence-corrected chi connectivity index (χ2v) is 6.20. The molecule has 16 heavy (non-hydrogen) atoms. The van der Waals surface area contributed by atoms with Gasteiger partial charge in [-0.25, -0.2) is 4.79 Å². The van der Waals surface area contributed by atoms with E-state index in [9.17, 15) is 4.79 Å². The highest BCUT2D eigenvalue weighted by atomic mass is 32.1. The van der Waals surface area contributed by atoms with E-state index in [4.69, 9.17) is 5.11 Å². The molecule has 3 heteroatoms. The minimum Gasteiger partial charge on any atom is -0.478 e. The molecule has 1 spiro atoms. The Balaban J connectivity index is 1.93. The van der Waals surface area contributed by atoms with Gasteiger partial charge in [0.2, 0.25) is 0 Å².